The van der Waals surface area contributed by atoms with E-state index in [1.54, 1.807) is 6.21 Å². The number of anilines is 1. The first-order chi connectivity index (χ1) is 12.6. The van der Waals surface area contributed by atoms with E-state index in [1.165, 1.54) is 21.8 Å². The van der Waals surface area contributed by atoms with Crippen molar-refractivity contribution in [3.05, 3.63) is 51.4 Å². The molecule has 0 fully saturated rings. The van der Waals surface area contributed by atoms with Gasteiger partial charge < -0.3 is 0 Å². The van der Waals surface area contributed by atoms with Gasteiger partial charge in [-0.05, 0) is 48.3 Å². The van der Waals surface area contributed by atoms with Crippen LogP contribution in [0.25, 0.3) is 0 Å². The number of hydrazone groups is 1. The van der Waals surface area contributed by atoms with Gasteiger partial charge >= 0.3 is 6.03 Å². The molecule has 0 atom stereocenters. The minimum atomic E-state index is -0.435. The quantitative estimate of drug-likeness (QED) is 0.603. The van der Waals surface area contributed by atoms with Gasteiger partial charge in [-0.3, -0.25) is 5.32 Å². The van der Waals surface area contributed by atoms with E-state index in [1.807, 2.05) is 12.1 Å². The molecular formula is C20H22N4OS. The van der Waals surface area contributed by atoms with Gasteiger partial charge in [-0.1, -0.05) is 38.1 Å². The Morgan fingerprint density at radius 1 is 1.27 bits per heavy atom. The van der Waals surface area contributed by atoms with Crippen LogP contribution in [-0.4, -0.2) is 12.2 Å². The number of urea groups is 1. The lowest BCUT2D eigenvalue weighted by atomic mass is 9.96. The number of nitriles is 1. The Morgan fingerprint density at radius 3 is 2.69 bits per heavy atom. The van der Waals surface area contributed by atoms with Crippen molar-refractivity contribution in [2.24, 2.45) is 5.10 Å². The lowest BCUT2D eigenvalue weighted by molar-refractivity contribution is 0.252. The zero-order chi connectivity index (χ0) is 18.5. The summed E-state index contributed by atoms with van der Waals surface area (Å²) in [4.78, 5) is 13.3. The summed E-state index contributed by atoms with van der Waals surface area (Å²) in [6.07, 6.45) is 5.76. The maximum Gasteiger partial charge on any atom is 0.340 e. The van der Waals surface area contributed by atoms with Crippen molar-refractivity contribution >= 4 is 28.6 Å². The molecule has 134 valence electrons. The molecule has 5 nitrogen and oxygen atoms in total. The van der Waals surface area contributed by atoms with E-state index in [-0.39, 0.29) is 0 Å². The highest BCUT2D eigenvalue weighted by Gasteiger charge is 2.21. The third-order valence-electron chi connectivity index (χ3n) is 4.49. The van der Waals surface area contributed by atoms with Gasteiger partial charge in [0.25, 0.3) is 0 Å². The first kappa shape index (κ1) is 18.2. The van der Waals surface area contributed by atoms with E-state index in [0.29, 0.717) is 16.5 Å². The molecule has 0 saturated carbocycles. The van der Waals surface area contributed by atoms with Crippen LogP contribution in [0, 0.1) is 11.3 Å². The van der Waals surface area contributed by atoms with Crippen LogP contribution < -0.4 is 10.7 Å². The van der Waals surface area contributed by atoms with Gasteiger partial charge in [-0.15, -0.1) is 11.3 Å². The average Bonchev–Trinajstić information content (AvgIpc) is 2.99. The molecule has 2 amide bonds. The molecule has 1 aromatic heterocycles. The summed E-state index contributed by atoms with van der Waals surface area (Å²) in [5.41, 5.74) is 6.35. The summed E-state index contributed by atoms with van der Waals surface area (Å²) in [6.45, 7) is 4.29. The van der Waals surface area contributed by atoms with Gasteiger partial charge in [0, 0.05) is 4.88 Å². The summed E-state index contributed by atoms with van der Waals surface area (Å²) in [5.74, 6) is 0.482. The number of carbonyl (C=O) groups excluding carboxylic acids is 1. The number of hydrogen-bond donors (Lipinski definition) is 2. The lowest BCUT2D eigenvalue weighted by Gasteiger charge is -2.09. The van der Waals surface area contributed by atoms with E-state index < -0.39 is 6.03 Å². The number of hydrogen-bond acceptors (Lipinski definition) is 4. The van der Waals surface area contributed by atoms with Crippen molar-refractivity contribution in [3.63, 3.8) is 0 Å². The van der Waals surface area contributed by atoms with E-state index in [4.69, 9.17) is 0 Å². The van der Waals surface area contributed by atoms with E-state index in [9.17, 15) is 10.1 Å². The molecule has 1 aliphatic rings. The molecule has 0 radical (unpaired) electrons. The Morgan fingerprint density at radius 2 is 2.00 bits per heavy atom. The van der Waals surface area contributed by atoms with E-state index in [0.717, 1.165) is 36.8 Å². The van der Waals surface area contributed by atoms with Crippen LogP contribution in [0.5, 0.6) is 0 Å². The van der Waals surface area contributed by atoms with Gasteiger partial charge in [0.2, 0.25) is 0 Å². The fraction of sp³-hybridized carbons (Fsp3) is 0.350. The van der Waals surface area contributed by atoms with Crippen LogP contribution in [0.1, 0.15) is 59.7 Å². The summed E-state index contributed by atoms with van der Waals surface area (Å²) >= 11 is 1.50. The highest BCUT2D eigenvalue weighted by atomic mass is 32.1. The van der Waals surface area contributed by atoms with Gasteiger partial charge in [0.15, 0.2) is 0 Å². The Kier molecular flexibility index (Phi) is 5.69. The summed E-state index contributed by atoms with van der Waals surface area (Å²) < 4.78 is 0. The van der Waals surface area contributed by atoms with Gasteiger partial charge in [0.1, 0.15) is 11.1 Å². The number of amides is 2. The molecule has 6 heteroatoms. The molecule has 3 rings (SSSR count). The smallest absolute Gasteiger partial charge is 0.297 e. The van der Waals surface area contributed by atoms with Crippen molar-refractivity contribution in [1.29, 1.82) is 5.26 Å². The number of thiophene rings is 1. The molecule has 2 N–H and O–H groups in total. The third-order valence-corrected chi connectivity index (χ3v) is 5.70. The molecule has 0 bridgehead atoms. The second-order valence-electron chi connectivity index (χ2n) is 6.67. The van der Waals surface area contributed by atoms with Crippen LogP contribution in [0.3, 0.4) is 0 Å². The predicted octanol–water partition coefficient (Wildman–Crippen LogP) is 4.78. The highest BCUT2D eigenvalue weighted by Crippen LogP contribution is 2.37. The molecule has 26 heavy (non-hydrogen) atoms. The molecule has 1 aliphatic carbocycles. The van der Waals surface area contributed by atoms with Crippen molar-refractivity contribution in [3.8, 4) is 6.07 Å². The van der Waals surface area contributed by atoms with Gasteiger partial charge in [-0.25, -0.2) is 10.2 Å². The summed E-state index contributed by atoms with van der Waals surface area (Å²) in [6, 6.07) is 9.86. The standard InChI is InChI=1S/C20H22N4OS/c1-13(2)15-9-7-14(8-10-15)12-22-24-20(25)23-19-17(11-21)16-5-3-4-6-18(16)26-19/h7-10,12-13H,3-6H2,1-2H3,(H2,23,24,25)/b22-12+. The zero-order valence-electron chi connectivity index (χ0n) is 15.0. The van der Waals surface area contributed by atoms with Gasteiger partial charge in [0.05, 0.1) is 11.8 Å². The van der Waals surface area contributed by atoms with Crippen LogP contribution in [0.2, 0.25) is 0 Å². The Labute approximate surface area is 157 Å². The molecule has 2 aromatic rings. The third kappa shape index (κ3) is 4.12. The number of aryl methyl sites for hydroxylation is 1. The Bertz CT molecular complexity index is 859. The normalized spacial score (nSPS) is 13.5. The second kappa shape index (κ2) is 8.15. The highest BCUT2D eigenvalue weighted by molar-refractivity contribution is 7.16. The maximum atomic E-state index is 12.1. The lowest BCUT2D eigenvalue weighted by Crippen LogP contribution is -2.24. The number of rotatable bonds is 4. The number of nitrogens with one attached hydrogen (secondary N) is 2. The molecule has 0 aliphatic heterocycles. The molecule has 0 unspecified atom stereocenters. The number of nitrogens with zero attached hydrogens (tertiary/aromatic N) is 2. The maximum absolute atomic E-state index is 12.1. The Balaban J connectivity index is 1.61. The minimum Gasteiger partial charge on any atom is -0.297 e. The fourth-order valence-corrected chi connectivity index (χ4v) is 4.27. The van der Waals surface area contributed by atoms with E-state index >= 15 is 0 Å². The molecule has 1 heterocycles. The monoisotopic (exact) mass is 366 g/mol. The average molecular weight is 366 g/mol. The SMILES string of the molecule is CC(C)c1ccc(/C=N/NC(=O)Nc2sc3c(c2C#N)CCCC3)cc1. The summed E-state index contributed by atoms with van der Waals surface area (Å²) in [7, 11) is 0. The molecule has 1 aromatic carbocycles. The van der Waals surface area contributed by atoms with Crippen LogP contribution >= 0.6 is 11.3 Å². The van der Waals surface area contributed by atoms with Crippen LogP contribution in [-0.2, 0) is 12.8 Å². The topological polar surface area (TPSA) is 77.3 Å². The molecule has 0 spiro atoms. The van der Waals surface area contributed by atoms with Crippen LogP contribution in [0.4, 0.5) is 9.80 Å². The fourth-order valence-electron chi connectivity index (χ4n) is 3.04. The first-order valence-electron chi connectivity index (χ1n) is 8.83. The number of carbonyl (C=O) groups is 1. The van der Waals surface area contributed by atoms with Crippen LogP contribution in [0.15, 0.2) is 29.4 Å². The molecule has 0 saturated heterocycles. The van der Waals surface area contributed by atoms with Crippen molar-refractivity contribution in [2.45, 2.75) is 45.4 Å². The zero-order valence-corrected chi connectivity index (χ0v) is 15.8. The Hall–Kier alpha value is -2.65. The van der Waals surface area contributed by atoms with E-state index in [2.05, 4.69) is 47.9 Å². The predicted molar refractivity (Wildman–Crippen MR) is 106 cm³/mol. The first-order valence-corrected chi connectivity index (χ1v) is 9.64. The second-order valence-corrected chi connectivity index (χ2v) is 7.78. The summed E-state index contributed by atoms with van der Waals surface area (Å²) in [5, 5.41) is 16.8. The van der Waals surface area contributed by atoms with Crippen molar-refractivity contribution < 1.29 is 4.79 Å². The molecular weight excluding hydrogens is 344 g/mol. The minimum absolute atomic E-state index is 0.435. The number of benzene rings is 1. The van der Waals surface area contributed by atoms with Crippen molar-refractivity contribution in [2.75, 3.05) is 5.32 Å². The van der Waals surface area contributed by atoms with Gasteiger partial charge in [-0.2, -0.15) is 10.4 Å². The largest absolute Gasteiger partial charge is 0.340 e. The number of fused-ring (bicyclic) bond motifs is 1. The van der Waals surface area contributed by atoms with Crippen molar-refractivity contribution in [1.82, 2.24) is 5.43 Å².